The predicted octanol–water partition coefficient (Wildman–Crippen LogP) is 7.01. The standard InChI is InChI=1S/C24H28N2O2/c1-7-24(6,8-2)22-26-18-14-19-17(13-20(18)28-22)25-21(27-19)15-9-11-16(12-10-15)23(3,4)5/h9-14H,7-8H2,1-6H3. The Bertz CT molecular complexity index is 1070. The van der Waals surface area contributed by atoms with Crippen LogP contribution in [0.3, 0.4) is 0 Å². The molecule has 146 valence electrons. The summed E-state index contributed by atoms with van der Waals surface area (Å²) in [6.45, 7) is 13.2. The maximum atomic E-state index is 6.10. The fourth-order valence-corrected chi connectivity index (χ4v) is 3.40. The van der Waals surface area contributed by atoms with Gasteiger partial charge >= 0.3 is 0 Å². The van der Waals surface area contributed by atoms with Crippen molar-refractivity contribution in [2.24, 2.45) is 0 Å². The lowest BCUT2D eigenvalue weighted by molar-refractivity contribution is 0.336. The van der Waals surface area contributed by atoms with E-state index < -0.39 is 0 Å². The van der Waals surface area contributed by atoms with Crippen LogP contribution in [0.4, 0.5) is 0 Å². The zero-order valence-corrected chi connectivity index (χ0v) is 17.6. The van der Waals surface area contributed by atoms with Crippen molar-refractivity contribution in [1.29, 1.82) is 0 Å². The Morgan fingerprint density at radius 3 is 1.93 bits per heavy atom. The summed E-state index contributed by atoms with van der Waals surface area (Å²) >= 11 is 0. The lowest BCUT2D eigenvalue weighted by Gasteiger charge is -2.21. The van der Waals surface area contributed by atoms with Gasteiger partial charge in [-0.3, -0.25) is 0 Å². The minimum atomic E-state index is -0.0481. The smallest absolute Gasteiger partial charge is 0.227 e. The normalized spacial score (nSPS) is 12.9. The molecular formula is C24H28N2O2. The first-order valence-corrected chi connectivity index (χ1v) is 10.1. The van der Waals surface area contributed by atoms with Gasteiger partial charge in [-0.15, -0.1) is 0 Å². The summed E-state index contributed by atoms with van der Waals surface area (Å²) in [4.78, 5) is 9.43. The fourth-order valence-electron chi connectivity index (χ4n) is 3.40. The molecule has 4 nitrogen and oxygen atoms in total. The molecule has 2 aromatic carbocycles. The van der Waals surface area contributed by atoms with Crippen LogP contribution in [0.5, 0.6) is 0 Å². The largest absolute Gasteiger partial charge is 0.440 e. The molecule has 4 aromatic rings. The monoisotopic (exact) mass is 376 g/mol. The zero-order valence-electron chi connectivity index (χ0n) is 17.6. The minimum absolute atomic E-state index is 0.0481. The van der Waals surface area contributed by atoms with Crippen LogP contribution in [0.1, 0.15) is 65.8 Å². The van der Waals surface area contributed by atoms with Gasteiger partial charge in [0.2, 0.25) is 11.8 Å². The molecule has 0 bridgehead atoms. The second-order valence-corrected chi connectivity index (χ2v) is 8.92. The Morgan fingerprint density at radius 1 is 0.786 bits per heavy atom. The third kappa shape index (κ3) is 3.11. The summed E-state index contributed by atoms with van der Waals surface area (Å²) in [5.41, 5.74) is 5.44. The average molecular weight is 377 g/mol. The molecule has 4 heteroatoms. The maximum Gasteiger partial charge on any atom is 0.227 e. The van der Waals surface area contributed by atoms with Gasteiger partial charge in [0.15, 0.2) is 11.2 Å². The Balaban J connectivity index is 1.74. The van der Waals surface area contributed by atoms with E-state index in [0.29, 0.717) is 5.89 Å². The summed E-state index contributed by atoms with van der Waals surface area (Å²) < 4.78 is 12.1. The summed E-state index contributed by atoms with van der Waals surface area (Å²) in [5.74, 6) is 1.41. The molecule has 0 saturated carbocycles. The van der Waals surface area contributed by atoms with Crippen molar-refractivity contribution in [3.05, 3.63) is 47.9 Å². The van der Waals surface area contributed by atoms with E-state index in [1.807, 2.05) is 12.1 Å². The van der Waals surface area contributed by atoms with Gasteiger partial charge in [-0.2, -0.15) is 0 Å². The number of benzene rings is 2. The van der Waals surface area contributed by atoms with Crippen molar-refractivity contribution >= 4 is 22.2 Å². The summed E-state index contributed by atoms with van der Waals surface area (Å²) in [6.07, 6.45) is 1.97. The Kier molecular flexibility index (Phi) is 4.33. The zero-order chi connectivity index (χ0) is 20.1. The van der Waals surface area contributed by atoms with Gasteiger partial charge in [0.05, 0.1) is 0 Å². The Hall–Kier alpha value is -2.62. The van der Waals surface area contributed by atoms with E-state index >= 15 is 0 Å². The van der Waals surface area contributed by atoms with Crippen LogP contribution in [-0.2, 0) is 10.8 Å². The van der Waals surface area contributed by atoms with Crippen molar-refractivity contribution in [2.45, 2.75) is 65.2 Å². The van der Waals surface area contributed by atoms with Gasteiger partial charge in [-0.05, 0) is 36.0 Å². The molecule has 0 spiro atoms. The van der Waals surface area contributed by atoms with Gasteiger partial charge in [0.25, 0.3) is 0 Å². The molecule has 0 N–H and O–H groups in total. The molecule has 0 saturated heterocycles. The third-order valence-corrected chi connectivity index (χ3v) is 5.97. The quantitative estimate of drug-likeness (QED) is 0.384. The molecule has 0 amide bonds. The highest BCUT2D eigenvalue weighted by Crippen LogP contribution is 2.35. The minimum Gasteiger partial charge on any atom is -0.440 e. The van der Waals surface area contributed by atoms with E-state index in [4.69, 9.17) is 13.8 Å². The topological polar surface area (TPSA) is 52.1 Å². The molecule has 4 rings (SSSR count). The first-order valence-electron chi connectivity index (χ1n) is 10.1. The van der Waals surface area contributed by atoms with E-state index in [2.05, 4.69) is 70.8 Å². The molecule has 0 aliphatic rings. The van der Waals surface area contributed by atoms with Gasteiger partial charge in [0, 0.05) is 23.1 Å². The lowest BCUT2D eigenvalue weighted by atomic mass is 9.85. The van der Waals surface area contributed by atoms with Gasteiger partial charge < -0.3 is 8.83 Å². The van der Waals surface area contributed by atoms with Crippen molar-refractivity contribution < 1.29 is 8.83 Å². The number of hydrogen-bond acceptors (Lipinski definition) is 4. The van der Waals surface area contributed by atoms with Crippen LogP contribution in [0, 0.1) is 0 Å². The first-order chi connectivity index (χ1) is 13.2. The highest BCUT2D eigenvalue weighted by atomic mass is 16.4. The van der Waals surface area contributed by atoms with Crippen molar-refractivity contribution in [1.82, 2.24) is 9.97 Å². The van der Waals surface area contributed by atoms with Gasteiger partial charge in [0.1, 0.15) is 11.0 Å². The van der Waals surface area contributed by atoms with Crippen LogP contribution in [-0.4, -0.2) is 9.97 Å². The number of rotatable bonds is 4. The fraction of sp³-hybridized carbons (Fsp3) is 0.417. The molecule has 0 unspecified atom stereocenters. The Morgan fingerprint density at radius 2 is 1.36 bits per heavy atom. The molecule has 0 aliphatic heterocycles. The van der Waals surface area contributed by atoms with Gasteiger partial charge in [-0.25, -0.2) is 9.97 Å². The van der Waals surface area contributed by atoms with Crippen molar-refractivity contribution in [2.75, 3.05) is 0 Å². The summed E-state index contributed by atoms with van der Waals surface area (Å²) in [6, 6.07) is 12.3. The van der Waals surface area contributed by atoms with Crippen molar-refractivity contribution in [3.8, 4) is 11.5 Å². The van der Waals surface area contributed by atoms with E-state index in [-0.39, 0.29) is 10.8 Å². The molecule has 28 heavy (non-hydrogen) atoms. The molecule has 0 aliphatic carbocycles. The third-order valence-electron chi connectivity index (χ3n) is 5.97. The van der Waals surface area contributed by atoms with Gasteiger partial charge in [-0.1, -0.05) is 53.7 Å². The van der Waals surface area contributed by atoms with Crippen LogP contribution in [0.2, 0.25) is 0 Å². The SMILES string of the molecule is CCC(C)(CC)c1nc2cc3oc(-c4ccc(C(C)(C)C)cc4)nc3cc2o1. The molecular weight excluding hydrogens is 348 g/mol. The second-order valence-electron chi connectivity index (χ2n) is 8.92. The number of oxazole rings is 2. The number of aromatic nitrogens is 2. The lowest BCUT2D eigenvalue weighted by Crippen LogP contribution is -2.19. The molecule has 0 atom stereocenters. The number of nitrogens with zero attached hydrogens (tertiary/aromatic N) is 2. The molecule has 0 fully saturated rings. The first kappa shape index (κ1) is 18.7. The number of hydrogen-bond donors (Lipinski definition) is 0. The number of fused-ring (bicyclic) bond motifs is 2. The van der Waals surface area contributed by atoms with Crippen molar-refractivity contribution in [3.63, 3.8) is 0 Å². The predicted molar refractivity (Wildman–Crippen MR) is 114 cm³/mol. The highest BCUT2D eigenvalue weighted by Gasteiger charge is 2.28. The van der Waals surface area contributed by atoms with Crippen LogP contribution in [0.25, 0.3) is 33.7 Å². The maximum absolute atomic E-state index is 6.10. The van der Waals surface area contributed by atoms with E-state index in [9.17, 15) is 0 Å². The molecule has 2 aromatic heterocycles. The van der Waals surface area contributed by atoms with Crippen LogP contribution < -0.4 is 0 Å². The Labute approximate surface area is 166 Å². The van der Waals surface area contributed by atoms with Crippen LogP contribution >= 0.6 is 0 Å². The van der Waals surface area contributed by atoms with E-state index in [1.165, 1.54) is 5.56 Å². The summed E-state index contributed by atoms with van der Waals surface area (Å²) in [7, 11) is 0. The average Bonchev–Trinajstić information content (AvgIpc) is 3.28. The second kappa shape index (κ2) is 6.47. The summed E-state index contributed by atoms with van der Waals surface area (Å²) in [5, 5.41) is 0. The molecule has 2 heterocycles. The highest BCUT2D eigenvalue weighted by molar-refractivity contribution is 5.90. The van der Waals surface area contributed by atoms with Crippen LogP contribution in [0.15, 0.2) is 45.2 Å². The van der Waals surface area contributed by atoms with E-state index in [0.717, 1.165) is 46.5 Å². The van der Waals surface area contributed by atoms with E-state index in [1.54, 1.807) is 0 Å². The molecule has 0 radical (unpaired) electrons.